The van der Waals surface area contributed by atoms with E-state index in [9.17, 15) is 13.2 Å². The van der Waals surface area contributed by atoms with Crippen LogP contribution in [0.2, 0.25) is 5.02 Å². The number of aromatic nitrogens is 4. The van der Waals surface area contributed by atoms with Crippen molar-refractivity contribution in [2.75, 3.05) is 0 Å². The summed E-state index contributed by atoms with van der Waals surface area (Å²) in [4.78, 5) is 11.0. The Bertz CT molecular complexity index is 506. The molecule has 0 aromatic carbocycles. The number of nitrogens with zero attached hydrogens (tertiary/aromatic N) is 4. The minimum atomic E-state index is -4.44. The number of halogens is 4. The van der Waals surface area contributed by atoms with Gasteiger partial charge in [0, 0.05) is 18.6 Å². The second kappa shape index (κ2) is 4.33. The summed E-state index contributed by atoms with van der Waals surface area (Å²) < 4.78 is 38.1. The van der Waals surface area contributed by atoms with Crippen molar-refractivity contribution >= 4 is 11.6 Å². The van der Waals surface area contributed by atoms with Crippen molar-refractivity contribution < 1.29 is 13.2 Å². The summed E-state index contributed by atoms with van der Waals surface area (Å²) in [5.74, 6) is 0.362. The average molecular weight is 263 g/mol. The topological polar surface area (TPSA) is 43.6 Å². The lowest BCUT2D eigenvalue weighted by Crippen LogP contribution is -2.05. The van der Waals surface area contributed by atoms with Gasteiger partial charge >= 0.3 is 6.18 Å². The van der Waals surface area contributed by atoms with Crippen molar-refractivity contribution in [3.05, 3.63) is 41.5 Å². The fourth-order valence-electron chi connectivity index (χ4n) is 1.18. The van der Waals surface area contributed by atoms with Crippen LogP contribution in [-0.4, -0.2) is 19.5 Å². The van der Waals surface area contributed by atoms with Crippen molar-refractivity contribution in [1.82, 2.24) is 19.5 Å². The molecule has 2 aromatic heterocycles. The first kappa shape index (κ1) is 11.8. The van der Waals surface area contributed by atoms with Crippen molar-refractivity contribution in [2.45, 2.75) is 12.7 Å². The molecule has 0 amide bonds. The molecule has 0 spiro atoms. The van der Waals surface area contributed by atoms with Gasteiger partial charge in [-0.25, -0.2) is 15.0 Å². The molecule has 0 saturated carbocycles. The molecule has 0 N–H and O–H groups in total. The van der Waals surface area contributed by atoms with E-state index in [1.54, 1.807) is 0 Å². The van der Waals surface area contributed by atoms with Gasteiger partial charge in [-0.05, 0) is 0 Å². The second-order valence-corrected chi connectivity index (χ2v) is 3.68. The highest BCUT2D eigenvalue weighted by molar-refractivity contribution is 6.30. The van der Waals surface area contributed by atoms with E-state index in [0.29, 0.717) is 10.8 Å². The van der Waals surface area contributed by atoms with Gasteiger partial charge in [-0.3, -0.25) is 0 Å². The van der Waals surface area contributed by atoms with Crippen LogP contribution < -0.4 is 0 Å². The summed E-state index contributed by atoms with van der Waals surface area (Å²) in [6, 6.07) is 0. The number of hydrogen-bond acceptors (Lipinski definition) is 3. The Morgan fingerprint density at radius 1 is 1.18 bits per heavy atom. The lowest BCUT2D eigenvalue weighted by molar-refractivity contribution is -0.140. The van der Waals surface area contributed by atoms with Gasteiger partial charge < -0.3 is 4.57 Å². The zero-order valence-corrected chi connectivity index (χ0v) is 9.07. The first-order valence-electron chi connectivity index (χ1n) is 4.50. The Morgan fingerprint density at radius 2 is 1.82 bits per heavy atom. The zero-order chi connectivity index (χ0) is 12.5. The van der Waals surface area contributed by atoms with E-state index in [2.05, 4.69) is 15.0 Å². The Hall–Kier alpha value is -1.63. The largest absolute Gasteiger partial charge is 0.434 e. The average Bonchev–Trinajstić information content (AvgIpc) is 2.69. The van der Waals surface area contributed by atoms with E-state index < -0.39 is 11.9 Å². The minimum absolute atomic E-state index is 0.111. The molecule has 17 heavy (non-hydrogen) atoms. The standard InChI is InChI=1S/C9H6ClF3N4/c10-6-1-14-8(15-2-6)4-17-3-7(16-5-17)9(11,12)13/h1-3,5H,4H2. The third kappa shape index (κ3) is 2.94. The van der Waals surface area contributed by atoms with Gasteiger partial charge in [-0.15, -0.1) is 0 Å². The quantitative estimate of drug-likeness (QED) is 0.835. The summed E-state index contributed by atoms with van der Waals surface area (Å²) in [5.41, 5.74) is -0.938. The van der Waals surface area contributed by atoms with Crippen molar-refractivity contribution in [1.29, 1.82) is 0 Å². The molecular formula is C9H6ClF3N4. The van der Waals surface area contributed by atoms with Gasteiger partial charge in [-0.2, -0.15) is 13.2 Å². The van der Waals surface area contributed by atoms with Crippen molar-refractivity contribution in [2.24, 2.45) is 0 Å². The highest BCUT2D eigenvalue weighted by atomic mass is 35.5. The van der Waals surface area contributed by atoms with Crippen molar-refractivity contribution in [3.63, 3.8) is 0 Å². The lowest BCUT2D eigenvalue weighted by Gasteiger charge is -2.01. The first-order chi connectivity index (χ1) is 7.95. The predicted molar refractivity (Wildman–Crippen MR) is 53.4 cm³/mol. The summed E-state index contributed by atoms with van der Waals surface area (Å²) in [6.45, 7) is 0.111. The molecule has 8 heteroatoms. The van der Waals surface area contributed by atoms with E-state index >= 15 is 0 Å². The molecule has 2 rings (SSSR count). The molecule has 0 saturated heterocycles. The van der Waals surface area contributed by atoms with Crippen molar-refractivity contribution in [3.8, 4) is 0 Å². The van der Waals surface area contributed by atoms with E-state index in [1.165, 1.54) is 17.0 Å². The SMILES string of the molecule is FC(F)(F)c1cn(Cc2ncc(Cl)cn2)cn1. The fourth-order valence-corrected chi connectivity index (χ4v) is 1.27. The molecule has 0 fully saturated rings. The van der Waals surface area contributed by atoms with Crippen LogP contribution in [0.1, 0.15) is 11.5 Å². The maximum atomic E-state index is 12.3. The number of rotatable bonds is 2. The first-order valence-corrected chi connectivity index (χ1v) is 4.88. The van der Waals surface area contributed by atoms with Crippen LogP contribution >= 0.6 is 11.6 Å². The van der Waals surface area contributed by atoms with E-state index in [-0.39, 0.29) is 6.54 Å². The van der Waals surface area contributed by atoms with E-state index in [1.807, 2.05) is 0 Å². The zero-order valence-electron chi connectivity index (χ0n) is 8.32. The highest BCUT2D eigenvalue weighted by Gasteiger charge is 2.33. The van der Waals surface area contributed by atoms with Crippen LogP contribution in [0.15, 0.2) is 24.9 Å². The molecule has 4 nitrogen and oxygen atoms in total. The summed E-state index contributed by atoms with van der Waals surface area (Å²) in [6.07, 6.45) is 0.307. The molecular weight excluding hydrogens is 257 g/mol. The molecule has 0 atom stereocenters. The maximum Gasteiger partial charge on any atom is 0.434 e. The third-order valence-electron chi connectivity index (χ3n) is 1.92. The molecule has 0 bridgehead atoms. The number of alkyl halides is 3. The Balaban J connectivity index is 2.14. The molecule has 0 aliphatic carbocycles. The molecule has 0 aliphatic heterocycles. The molecule has 2 heterocycles. The van der Waals surface area contributed by atoms with Crippen LogP contribution in [0.4, 0.5) is 13.2 Å². The van der Waals surface area contributed by atoms with Gasteiger partial charge in [0.15, 0.2) is 5.69 Å². The second-order valence-electron chi connectivity index (χ2n) is 3.25. The summed E-state index contributed by atoms with van der Waals surface area (Å²) in [5, 5.41) is 0.371. The summed E-state index contributed by atoms with van der Waals surface area (Å²) >= 11 is 5.59. The fraction of sp³-hybridized carbons (Fsp3) is 0.222. The van der Waals surface area contributed by atoms with Gasteiger partial charge in [0.2, 0.25) is 0 Å². The molecule has 0 radical (unpaired) electrons. The lowest BCUT2D eigenvalue weighted by atomic mass is 10.4. The molecule has 0 unspecified atom stereocenters. The van der Waals surface area contributed by atoms with Gasteiger partial charge in [0.1, 0.15) is 5.82 Å². The van der Waals surface area contributed by atoms with Gasteiger partial charge in [0.05, 0.1) is 17.9 Å². The third-order valence-corrected chi connectivity index (χ3v) is 2.12. The predicted octanol–water partition coefficient (Wildman–Crippen LogP) is 2.39. The van der Waals surface area contributed by atoms with Crippen LogP contribution in [0.3, 0.4) is 0 Å². The maximum absolute atomic E-state index is 12.3. The van der Waals surface area contributed by atoms with Crippen LogP contribution in [0, 0.1) is 0 Å². The van der Waals surface area contributed by atoms with E-state index in [0.717, 1.165) is 12.5 Å². The Labute approximate surface area is 99.1 Å². The number of hydrogen-bond donors (Lipinski definition) is 0. The smallest absolute Gasteiger partial charge is 0.329 e. The minimum Gasteiger partial charge on any atom is -0.329 e. The highest BCUT2D eigenvalue weighted by Crippen LogP contribution is 2.27. The monoisotopic (exact) mass is 262 g/mol. The molecule has 90 valence electrons. The summed E-state index contributed by atoms with van der Waals surface area (Å²) in [7, 11) is 0. The van der Waals surface area contributed by atoms with Crippen LogP contribution in [-0.2, 0) is 12.7 Å². The Morgan fingerprint density at radius 3 is 2.35 bits per heavy atom. The Kier molecular flexibility index (Phi) is 3.01. The van der Waals surface area contributed by atoms with Crippen LogP contribution in [0.5, 0.6) is 0 Å². The van der Waals surface area contributed by atoms with Crippen LogP contribution in [0.25, 0.3) is 0 Å². The normalized spacial score (nSPS) is 11.8. The van der Waals surface area contributed by atoms with Gasteiger partial charge in [-0.1, -0.05) is 11.6 Å². The molecule has 2 aromatic rings. The van der Waals surface area contributed by atoms with E-state index in [4.69, 9.17) is 11.6 Å². The van der Waals surface area contributed by atoms with Gasteiger partial charge in [0.25, 0.3) is 0 Å². The molecule has 0 aliphatic rings. The number of imidazole rings is 1.